The van der Waals surface area contributed by atoms with E-state index in [2.05, 4.69) is 30.3 Å². The molecule has 2 heterocycles. The lowest BCUT2D eigenvalue weighted by atomic mass is 9.89. The van der Waals surface area contributed by atoms with Gasteiger partial charge in [-0.05, 0) is 55.0 Å². The Morgan fingerprint density at radius 2 is 1.85 bits per heavy atom. The minimum absolute atomic E-state index is 0.200. The minimum atomic E-state index is -0.750. The summed E-state index contributed by atoms with van der Waals surface area (Å²) in [5.74, 6) is -0.481. The monoisotopic (exact) mass is 359 g/mol. The number of hydrogen-bond donors (Lipinski definition) is 0. The Bertz CT molecular complexity index is 1130. The number of esters is 1. The van der Waals surface area contributed by atoms with Crippen LogP contribution in [0, 0.1) is 0 Å². The Hall–Kier alpha value is -2.88. The number of ether oxygens (including phenoxy) is 1. The quantitative estimate of drug-likeness (QED) is 0.651. The van der Waals surface area contributed by atoms with Crippen molar-refractivity contribution < 1.29 is 9.53 Å². The SMILES string of the molecule is CC1(CCc2ccc3ccccc3c2)OC(=O)c2c1ccn(C1CC1)c2=O. The molecule has 0 spiro atoms. The predicted octanol–water partition coefficient (Wildman–Crippen LogP) is 4.35. The van der Waals surface area contributed by atoms with Crippen LogP contribution in [-0.2, 0) is 16.8 Å². The van der Waals surface area contributed by atoms with Crippen molar-refractivity contribution in [1.82, 2.24) is 4.57 Å². The van der Waals surface area contributed by atoms with Crippen LogP contribution < -0.4 is 5.56 Å². The van der Waals surface area contributed by atoms with Crippen molar-refractivity contribution in [2.75, 3.05) is 0 Å². The number of cyclic esters (lactones) is 1. The molecular weight excluding hydrogens is 338 g/mol. The van der Waals surface area contributed by atoms with Gasteiger partial charge in [0.15, 0.2) is 0 Å². The van der Waals surface area contributed by atoms with Crippen LogP contribution in [0.1, 0.15) is 53.7 Å². The van der Waals surface area contributed by atoms with Crippen molar-refractivity contribution in [3.63, 3.8) is 0 Å². The summed E-state index contributed by atoms with van der Waals surface area (Å²) in [7, 11) is 0. The summed E-state index contributed by atoms with van der Waals surface area (Å²) in [4.78, 5) is 25.2. The van der Waals surface area contributed by atoms with Gasteiger partial charge in [-0.3, -0.25) is 4.79 Å². The smallest absolute Gasteiger partial charge is 0.345 e. The number of hydrogen-bond acceptors (Lipinski definition) is 3. The van der Waals surface area contributed by atoms with E-state index in [1.807, 2.05) is 31.3 Å². The van der Waals surface area contributed by atoms with Crippen LogP contribution in [0.2, 0.25) is 0 Å². The van der Waals surface area contributed by atoms with E-state index < -0.39 is 11.6 Å². The van der Waals surface area contributed by atoms with E-state index in [1.54, 1.807) is 4.57 Å². The molecule has 0 bridgehead atoms. The summed E-state index contributed by atoms with van der Waals surface area (Å²) in [5.41, 5.74) is 1.21. The van der Waals surface area contributed by atoms with Gasteiger partial charge in [0, 0.05) is 17.8 Å². The Kier molecular flexibility index (Phi) is 3.51. The van der Waals surface area contributed by atoms with Gasteiger partial charge in [-0.1, -0.05) is 42.5 Å². The minimum Gasteiger partial charge on any atom is -0.451 e. The fourth-order valence-electron chi connectivity index (χ4n) is 4.10. The molecule has 136 valence electrons. The third-order valence-corrected chi connectivity index (χ3v) is 5.86. The van der Waals surface area contributed by atoms with Crippen LogP contribution in [0.3, 0.4) is 0 Å². The maximum absolute atomic E-state index is 12.7. The number of benzene rings is 2. The van der Waals surface area contributed by atoms with Crippen LogP contribution in [0.4, 0.5) is 0 Å². The highest BCUT2D eigenvalue weighted by Crippen LogP contribution is 2.40. The van der Waals surface area contributed by atoms with Crippen LogP contribution in [-0.4, -0.2) is 10.5 Å². The molecule has 0 saturated heterocycles. The van der Waals surface area contributed by atoms with E-state index in [-0.39, 0.29) is 17.2 Å². The number of aromatic nitrogens is 1. The topological polar surface area (TPSA) is 48.3 Å². The molecule has 2 aliphatic rings. The number of pyridine rings is 1. The highest BCUT2D eigenvalue weighted by molar-refractivity contribution is 5.94. The fourth-order valence-corrected chi connectivity index (χ4v) is 4.10. The van der Waals surface area contributed by atoms with Crippen LogP contribution in [0.25, 0.3) is 10.8 Å². The van der Waals surface area contributed by atoms with Crippen molar-refractivity contribution in [3.05, 3.63) is 81.8 Å². The Balaban J connectivity index is 1.44. The van der Waals surface area contributed by atoms with Gasteiger partial charge in [-0.2, -0.15) is 0 Å². The van der Waals surface area contributed by atoms with Crippen molar-refractivity contribution in [1.29, 1.82) is 0 Å². The van der Waals surface area contributed by atoms with E-state index >= 15 is 0 Å². The number of fused-ring (bicyclic) bond motifs is 2. The molecule has 1 fully saturated rings. The first kappa shape index (κ1) is 16.3. The molecule has 0 radical (unpaired) electrons. The largest absolute Gasteiger partial charge is 0.451 e. The molecule has 0 N–H and O–H groups in total. The van der Waals surface area contributed by atoms with Crippen LogP contribution >= 0.6 is 0 Å². The summed E-state index contributed by atoms with van der Waals surface area (Å²) in [6.45, 7) is 1.92. The van der Waals surface area contributed by atoms with Gasteiger partial charge in [0.25, 0.3) is 5.56 Å². The first-order valence-corrected chi connectivity index (χ1v) is 9.52. The molecule has 5 rings (SSSR count). The number of carbonyl (C=O) groups is 1. The summed E-state index contributed by atoms with van der Waals surface area (Å²) in [6, 6.07) is 16.8. The molecule has 4 nitrogen and oxygen atoms in total. The summed E-state index contributed by atoms with van der Waals surface area (Å²) in [5, 5.41) is 2.42. The van der Waals surface area contributed by atoms with Crippen LogP contribution in [0.15, 0.2) is 59.5 Å². The van der Waals surface area contributed by atoms with E-state index in [4.69, 9.17) is 4.74 Å². The van der Waals surface area contributed by atoms with E-state index in [0.29, 0.717) is 6.42 Å². The Morgan fingerprint density at radius 1 is 1.07 bits per heavy atom. The van der Waals surface area contributed by atoms with Crippen molar-refractivity contribution in [2.45, 2.75) is 44.2 Å². The van der Waals surface area contributed by atoms with Crippen molar-refractivity contribution >= 4 is 16.7 Å². The Labute approximate surface area is 157 Å². The third-order valence-electron chi connectivity index (χ3n) is 5.86. The summed E-state index contributed by atoms with van der Waals surface area (Å²) in [6.07, 6.45) is 5.27. The lowest BCUT2D eigenvalue weighted by Crippen LogP contribution is -2.26. The predicted molar refractivity (Wildman–Crippen MR) is 104 cm³/mol. The Morgan fingerprint density at radius 3 is 2.63 bits per heavy atom. The van der Waals surface area contributed by atoms with E-state index in [1.165, 1.54) is 16.3 Å². The van der Waals surface area contributed by atoms with Gasteiger partial charge in [0.05, 0.1) is 0 Å². The molecule has 1 aliphatic heterocycles. The molecule has 4 heteroatoms. The molecule has 0 amide bonds. The second kappa shape index (κ2) is 5.81. The maximum atomic E-state index is 12.7. The number of rotatable bonds is 4. The molecule has 2 aromatic carbocycles. The molecule has 1 atom stereocenters. The molecule has 3 aromatic rings. The van der Waals surface area contributed by atoms with Gasteiger partial charge in [0.1, 0.15) is 11.2 Å². The van der Waals surface area contributed by atoms with Gasteiger partial charge in [-0.25, -0.2) is 4.79 Å². The molecule has 1 saturated carbocycles. The highest BCUT2D eigenvalue weighted by atomic mass is 16.6. The lowest BCUT2D eigenvalue weighted by Gasteiger charge is -2.24. The van der Waals surface area contributed by atoms with Gasteiger partial charge < -0.3 is 9.30 Å². The zero-order valence-corrected chi connectivity index (χ0v) is 15.3. The molecule has 27 heavy (non-hydrogen) atoms. The summed E-state index contributed by atoms with van der Waals surface area (Å²) < 4.78 is 7.40. The first-order valence-electron chi connectivity index (χ1n) is 9.52. The molecular formula is C23H21NO3. The van der Waals surface area contributed by atoms with Crippen molar-refractivity contribution in [3.8, 4) is 0 Å². The average molecular weight is 359 g/mol. The standard InChI is InChI=1S/C23H21NO3/c1-23(12-10-15-6-7-16-4-2-3-5-17(16)14-15)19-11-13-24(18-8-9-18)21(25)20(19)22(26)27-23/h2-7,11,13-14,18H,8-10,12H2,1H3. The van der Waals surface area contributed by atoms with Gasteiger partial charge in [0.2, 0.25) is 0 Å². The highest BCUT2D eigenvalue weighted by Gasteiger charge is 2.44. The zero-order chi connectivity index (χ0) is 18.6. The zero-order valence-electron chi connectivity index (χ0n) is 15.3. The second-order valence-corrected chi connectivity index (χ2v) is 7.85. The number of aryl methyl sites for hydroxylation is 1. The average Bonchev–Trinajstić information content (AvgIpc) is 3.47. The molecule has 1 unspecified atom stereocenters. The summed E-state index contributed by atoms with van der Waals surface area (Å²) >= 11 is 0. The number of nitrogens with zero attached hydrogens (tertiary/aromatic N) is 1. The number of carbonyl (C=O) groups excluding carboxylic acids is 1. The van der Waals surface area contributed by atoms with Gasteiger partial charge >= 0.3 is 5.97 Å². The fraction of sp³-hybridized carbons (Fsp3) is 0.304. The van der Waals surface area contributed by atoms with Gasteiger partial charge in [-0.15, -0.1) is 0 Å². The van der Waals surface area contributed by atoms with Crippen molar-refractivity contribution in [2.24, 2.45) is 0 Å². The third kappa shape index (κ3) is 2.67. The maximum Gasteiger partial charge on any atom is 0.345 e. The lowest BCUT2D eigenvalue weighted by molar-refractivity contribution is -0.00291. The normalized spacial score (nSPS) is 21.3. The second-order valence-electron chi connectivity index (χ2n) is 7.85. The van der Waals surface area contributed by atoms with E-state index in [9.17, 15) is 9.59 Å². The molecule has 1 aromatic heterocycles. The molecule has 1 aliphatic carbocycles. The van der Waals surface area contributed by atoms with E-state index in [0.717, 1.165) is 24.8 Å². The van der Waals surface area contributed by atoms with Crippen LogP contribution in [0.5, 0.6) is 0 Å². The first-order chi connectivity index (χ1) is 13.0.